The highest BCUT2D eigenvalue weighted by atomic mass is 35.5. The Hall–Kier alpha value is -3.46. The Balaban J connectivity index is 1.96. The molecule has 2 N–H and O–H groups in total. The fourth-order valence-electron chi connectivity index (χ4n) is 2.22. The molecule has 0 aliphatic heterocycles. The van der Waals surface area contributed by atoms with Gasteiger partial charge in [-0.25, -0.2) is 5.43 Å². The summed E-state index contributed by atoms with van der Waals surface area (Å²) >= 11 is 5.78. The number of carbonyl (C=O) groups is 2. The van der Waals surface area contributed by atoms with Gasteiger partial charge in [-0.05, 0) is 31.2 Å². The molecule has 28 heavy (non-hydrogen) atoms. The van der Waals surface area contributed by atoms with Crippen LogP contribution in [0.3, 0.4) is 0 Å². The van der Waals surface area contributed by atoms with Crippen molar-refractivity contribution in [2.45, 2.75) is 13.3 Å². The zero-order valence-electron chi connectivity index (χ0n) is 15.1. The molecule has 0 radical (unpaired) electrons. The second kappa shape index (κ2) is 9.47. The van der Waals surface area contributed by atoms with Crippen LogP contribution in [0.25, 0.3) is 0 Å². The van der Waals surface area contributed by atoms with E-state index in [4.69, 9.17) is 16.3 Å². The molecule has 0 heterocycles. The highest BCUT2D eigenvalue weighted by molar-refractivity contribution is 6.33. The van der Waals surface area contributed by atoms with E-state index in [-0.39, 0.29) is 28.6 Å². The molecule has 0 saturated carbocycles. The number of nitrogens with one attached hydrogen (secondary N) is 2. The fourth-order valence-corrected chi connectivity index (χ4v) is 2.47. The Morgan fingerprint density at radius 3 is 2.61 bits per heavy atom. The molecule has 10 heteroatoms. The normalized spacial score (nSPS) is 10.9. The number of carbonyl (C=O) groups excluding carboxylic acids is 2. The number of para-hydroxylation sites is 2. The van der Waals surface area contributed by atoms with Crippen LogP contribution in [0.5, 0.6) is 5.75 Å². The van der Waals surface area contributed by atoms with Gasteiger partial charge in [-0.15, -0.1) is 0 Å². The summed E-state index contributed by atoms with van der Waals surface area (Å²) in [5, 5.41) is 17.1. The number of nitro benzene ring substituents is 1. The molecular weight excluding hydrogens is 388 g/mol. The summed E-state index contributed by atoms with van der Waals surface area (Å²) in [6.07, 6.45) is -0.0562. The van der Waals surface area contributed by atoms with Gasteiger partial charge in [-0.1, -0.05) is 23.7 Å². The molecule has 0 saturated heterocycles. The van der Waals surface area contributed by atoms with Gasteiger partial charge in [-0.3, -0.25) is 19.7 Å². The van der Waals surface area contributed by atoms with Crippen molar-refractivity contribution in [1.82, 2.24) is 5.43 Å². The zero-order chi connectivity index (χ0) is 20.7. The summed E-state index contributed by atoms with van der Waals surface area (Å²) in [5.74, 6) is -0.423. The van der Waals surface area contributed by atoms with Gasteiger partial charge in [0.2, 0.25) is 5.91 Å². The van der Waals surface area contributed by atoms with E-state index in [1.807, 2.05) is 0 Å². The van der Waals surface area contributed by atoms with Crippen LogP contribution in [-0.4, -0.2) is 29.6 Å². The van der Waals surface area contributed by atoms with Crippen molar-refractivity contribution >= 4 is 40.5 Å². The molecule has 9 nitrogen and oxygen atoms in total. The molecule has 0 aliphatic rings. The monoisotopic (exact) mass is 404 g/mol. The molecule has 0 unspecified atom stereocenters. The van der Waals surface area contributed by atoms with Crippen LogP contribution < -0.4 is 15.5 Å². The molecule has 2 amide bonds. The summed E-state index contributed by atoms with van der Waals surface area (Å²) in [5.41, 5.74) is 2.96. The van der Waals surface area contributed by atoms with Gasteiger partial charge in [0, 0.05) is 17.3 Å². The van der Waals surface area contributed by atoms with Gasteiger partial charge in [0.05, 0.1) is 24.1 Å². The number of rotatable bonds is 7. The van der Waals surface area contributed by atoms with Crippen LogP contribution in [-0.2, 0) is 4.79 Å². The summed E-state index contributed by atoms with van der Waals surface area (Å²) < 4.78 is 5.16. The number of hydrogen-bond donors (Lipinski definition) is 2. The Morgan fingerprint density at radius 1 is 1.25 bits per heavy atom. The van der Waals surface area contributed by atoms with Crippen LogP contribution in [0, 0.1) is 10.1 Å². The number of nitrogens with zero attached hydrogens (tertiary/aromatic N) is 2. The molecular formula is C18H17ClN4O5. The number of benzene rings is 2. The number of methoxy groups -OCH3 is 1. The van der Waals surface area contributed by atoms with Gasteiger partial charge in [0.25, 0.3) is 11.6 Å². The third-order valence-corrected chi connectivity index (χ3v) is 3.86. The molecule has 0 aliphatic carbocycles. The summed E-state index contributed by atoms with van der Waals surface area (Å²) in [7, 11) is 1.50. The zero-order valence-corrected chi connectivity index (χ0v) is 15.8. The van der Waals surface area contributed by atoms with Crippen molar-refractivity contribution < 1.29 is 19.2 Å². The van der Waals surface area contributed by atoms with E-state index in [1.165, 1.54) is 19.2 Å². The van der Waals surface area contributed by atoms with Crippen LogP contribution in [0.2, 0.25) is 5.02 Å². The van der Waals surface area contributed by atoms with E-state index in [9.17, 15) is 19.7 Å². The van der Waals surface area contributed by atoms with Crippen LogP contribution in [0.15, 0.2) is 47.6 Å². The van der Waals surface area contributed by atoms with E-state index in [0.717, 1.165) is 6.07 Å². The maximum Gasteiger partial charge on any atom is 0.287 e. The van der Waals surface area contributed by atoms with Gasteiger partial charge in [0.15, 0.2) is 0 Å². The number of nitro groups is 1. The Morgan fingerprint density at radius 2 is 1.96 bits per heavy atom. The van der Waals surface area contributed by atoms with E-state index in [1.54, 1.807) is 31.2 Å². The van der Waals surface area contributed by atoms with Crippen molar-refractivity contribution in [3.63, 3.8) is 0 Å². The van der Waals surface area contributed by atoms with Gasteiger partial charge in [0.1, 0.15) is 10.8 Å². The number of ether oxygens (including phenoxy) is 1. The number of halogens is 1. The molecule has 0 aromatic heterocycles. The third-order valence-electron chi connectivity index (χ3n) is 3.55. The Labute approximate surface area is 165 Å². The lowest BCUT2D eigenvalue weighted by molar-refractivity contribution is -0.384. The second-order valence-corrected chi connectivity index (χ2v) is 6.04. The first-order valence-corrected chi connectivity index (χ1v) is 8.40. The van der Waals surface area contributed by atoms with Gasteiger partial charge in [-0.2, -0.15) is 5.10 Å². The van der Waals surface area contributed by atoms with Crippen molar-refractivity contribution in [3.05, 3.63) is 63.2 Å². The molecule has 146 valence electrons. The van der Waals surface area contributed by atoms with Crippen molar-refractivity contribution in [2.75, 3.05) is 12.4 Å². The van der Waals surface area contributed by atoms with E-state index >= 15 is 0 Å². The van der Waals surface area contributed by atoms with Crippen LogP contribution >= 0.6 is 11.6 Å². The number of anilines is 1. The summed E-state index contributed by atoms with van der Waals surface area (Å²) in [4.78, 5) is 34.3. The molecule has 0 bridgehead atoms. The minimum atomic E-state index is -0.646. The Kier molecular flexibility index (Phi) is 7.05. The van der Waals surface area contributed by atoms with Gasteiger partial charge >= 0.3 is 0 Å². The fraction of sp³-hybridized carbons (Fsp3) is 0.167. The lowest BCUT2D eigenvalue weighted by Crippen LogP contribution is -2.21. The lowest BCUT2D eigenvalue weighted by Gasteiger charge is -2.09. The second-order valence-electron chi connectivity index (χ2n) is 5.64. The predicted octanol–water partition coefficient (Wildman–Crippen LogP) is 3.39. The minimum absolute atomic E-state index is 0.0562. The molecule has 0 fully saturated rings. The molecule has 0 atom stereocenters. The summed E-state index contributed by atoms with van der Waals surface area (Å²) in [6, 6.07) is 10.5. The lowest BCUT2D eigenvalue weighted by atomic mass is 10.2. The Bertz CT molecular complexity index is 945. The average molecular weight is 405 g/mol. The number of hydrogen-bond acceptors (Lipinski definition) is 6. The van der Waals surface area contributed by atoms with E-state index in [2.05, 4.69) is 15.8 Å². The van der Waals surface area contributed by atoms with Crippen molar-refractivity contribution in [1.29, 1.82) is 0 Å². The first-order valence-electron chi connectivity index (χ1n) is 8.02. The number of amides is 2. The largest absolute Gasteiger partial charge is 0.495 e. The van der Waals surface area contributed by atoms with E-state index < -0.39 is 10.8 Å². The molecule has 2 aromatic carbocycles. The van der Waals surface area contributed by atoms with E-state index in [0.29, 0.717) is 17.1 Å². The molecule has 2 rings (SSSR count). The maximum atomic E-state index is 12.1. The summed E-state index contributed by atoms with van der Waals surface area (Å²) in [6.45, 7) is 1.57. The van der Waals surface area contributed by atoms with Gasteiger partial charge < -0.3 is 10.1 Å². The topological polar surface area (TPSA) is 123 Å². The highest BCUT2D eigenvalue weighted by Crippen LogP contribution is 2.25. The first kappa shape index (κ1) is 20.8. The molecule has 2 aromatic rings. The van der Waals surface area contributed by atoms with Crippen molar-refractivity contribution in [2.24, 2.45) is 5.10 Å². The number of hydrazone groups is 1. The smallest absolute Gasteiger partial charge is 0.287 e. The first-order chi connectivity index (χ1) is 13.3. The quantitative estimate of drug-likeness (QED) is 0.416. The SMILES string of the molecule is COc1ccccc1NC(=O)C/C(C)=N/NC(=O)c1ccc([N+](=O)[O-])c(Cl)c1. The average Bonchev–Trinajstić information content (AvgIpc) is 2.66. The van der Waals surface area contributed by atoms with Crippen molar-refractivity contribution in [3.8, 4) is 5.75 Å². The van der Waals surface area contributed by atoms with Crippen LogP contribution in [0.1, 0.15) is 23.7 Å². The highest BCUT2D eigenvalue weighted by Gasteiger charge is 2.15. The third kappa shape index (κ3) is 5.52. The predicted molar refractivity (Wildman–Crippen MR) is 105 cm³/mol. The maximum absolute atomic E-state index is 12.1. The molecule has 0 spiro atoms. The standard InChI is InChI=1S/C18H17ClN4O5/c1-11(9-17(24)20-14-5-3-4-6-16(14)28-2)21-22-18(25)12-7-8-15(23(26)27)13(19)10-12/h3-8,10H,9H2,1-2H3,(H,20,24)(H,22,25)/b21-11+. The minimum Gasteiger partial charge on any atom is -0.495 e. The van der Waals surface area contributed by atoms with Crippen LogP contribution in [0.4, 0.5) is 11.4 Å².